The summed E-state index contributed by atoms with van der Waals surface area (Å²) in [6.07, 6.45) is 0. The van der Waals surface area contributed by atoms with Gasteiger partial charge in [0, 0.05) is 10.9 Å². The number of rotatable bonds is 5. The van der Waals surface area contributed by atoms with Crippen molar-refractivity contribution in [2.45, 2.75) is 17.9 Å². The van der Waals surface area contributed by atoms with Crippen LogP contribution < -0.4 is 14.2 Å². The van der Waals surface area contributed by atoms with Gasteiger partial charge in [-0.05, 0) is 36.1 Å². The fourth-order valence-corrected chi connectivity index (χ4v) is 5.01. The largest absolute Gasteiger partial charge is 0.486 e. The minimum atomic E-state index is -3.76. The topological polar surface area (TPSA) is 64.6 Å². The molecule has 1 atom stereocenters. The zero-order valence-corrected chi connectivity index (χ0v) is 16.3. The quantitative estimate of drug-likeness (QED) is 0.704. The van der Waals surface area contributed by atoms with Gasteiger partial charge in [-0.15, -0.1) is 11.3 Å². The molecule has 0 aliphatic carbocycles. The molecule has 0 saturated heterocycles. The van der Waals surface area contributed by atoms with Crippen molar-refractivity contribution >= 4 is 21.4 Å². The van der Waals surface area contributed by atoms with Gasteiger partial charge in [0.05, 0.1) is 10.9 Å². The van der Waals surface area contributed by atoms with Crippen LogP contribution in [0, 0.1) is 6.92 Å². The van der Waals surface area contributed by atoms with E-state index in [1.807, 2.05) is 48.7 Å². The predicted molar refractivity (Wildman–Crippen MR) is 105 cm³/mol. The van der Waals surface area contributed by atoms with Crippen molar-refractivity contribution in [3.8, 4) is 11.5 Å². The molecule has 0 unspecified atom stereocenters. The number of hydrogen-bond acceptors (Lipinski definition) is 5. The van der Waals surface area contributed by atoms with Gasteiger partial charge in [-0.2, -0.15) is 4.72 Å². The van der Waals surface area contributed by atoms with Gasteiger partial charge in [-0.25, -0.2) is 8.42 Å². The van der Waals surface area contributed by atoms with Gasteiger partial charge in [0.15, 0.2) is 11.5 Å². The summed E-state index contributed by atoms with van der Waals surface area (Å²) in [4.78, 5) is 1.08. The summed E-state index contributed by atoms with van der Waals surface area (Å²) in [5.74, 6) is 1.01. The second-order valence-corrected chi connectivity index (χ2v) is 8.98. The minimum Gasteiger partial charge on any atom is -0.486 e. The number of hydrogen-bond donors (Lipinski definition) is 1. The van der Waals surface area contributed by atoms with Crippen LogP contribution in [0.15, 0.2) is 64.9 Å². The van der Waals surface area contributed by atoms with Crippen LogP contribution in [0.5, 0.6) is 11.5 Å². The summed E-state index contributed by atoms with van der Waals surface area (Å²) in [5, 5.41) is 1.94. The highest BCUT2D eigenvalue weighted by Gasteiger charge is 2.25. The van der Waals surface area contributed by atoms with Gasteiger partial charge in [-0.1, -0.05) is 35.9 Å². The molecule has 4 rings (SSSR count). The van der Waals surface area contributed by atoms with Crippen LogP contribution in [0.2, 0.25) is 0 Å². The Balaban J connectivity index is 1.68. The van der Waals surface area contributed by atoms with Gasteiger partial charge in [0.1, 0.15) is 13.2 Å². The molecule has 2 aromatic carbocycles. The van der Waals surface area contributed by atoms with Crippen LogP contribution in [0.1, 0.15) is 22.0 Å². The van der Waals surface area contributed by atoms with E-state index in [0.29, 0.717) is 24.7 Å². The standard InChI is InChI=1S/C20H19NO4S2/c1-14-4-6-15(7-5-14)20(19-3-2-12-26-19)21-27(22,23)16-8-9-17-18(13-16)25-11-10-24-17/h2-9,12-13,20-21H,10-11H2,1H3/t20-/m1/s1. The molecule has 0 bridgehead atoms. The van der Waals surface area contributed by atoms with Crippen molar-refractivity contribution in [3.63, 3.8) is 0 Å². The number of sulfonamides is 1. The van der Waals surface area contributed by atoms with E-state index >= 15 is 0 Å². The van der Waals surface area contributed by atoms with Crippen molar-refractivity contribution in [3.05, 3.63) is 76.0 Å². The summed E-state index contributed by atoms with van der Waals surface area (Å²) >= 11 is 1.52. The SMILES string of the molecule is Cc1ccc([C@@H](NS(=O)(=O)c2ccc3c(c2)OCCO3)c2cccs2)cc1. The molecular formula is C20H19NO4S2. The van der Waals surface area contributed by atoms with Crippen LogP contribution in [0.3, 0.4) is 0 Å². The molecule has 0 amide bonds. The van der Waals surface area contributed by atoms with Crippen molar-refractivity contribution in [2.75, 3.05) is 13.2 Å². The molecule has 0 fully saturated rings. The van der Waals surface area contributed by atoms with Crippen LogP contribution in [-0.4, -0.2) is 21.6 Å². The normalized spacial score (nSPS) is 14.7. The van der Waals surface area contributed by atoms with E-state index in [1.165, 1.54) is 23.5 Å². The van der Waals surface area contributed by atoms with Crippen LogP contribution in [0.4, 0.5) is 0 Å². The molecule has 1 aliphatic rings. The summed E-state index contributed by atoms with van der Waals surface area (Å²) in [6, 6.07) is 15.9. The molecule has 0 spiro atoms. The number of thiophene rings is 1. The van der Waals surface area contributed by atoms with Gasteiger partial charge in [0.2, 0.25) is 10.0 Å². The highest BCUT2D eigenvalue weighted by atomic mass is 32.2. The minimum absolute atomic E-state index is 0.153. The van der Waals surface area contributed by atoms with Crippen molar-refractivity contribution in [2.24, 2.45) is 0 Å². The van der Waals surface area contributed by atoms with E-state index in [2.05, 4.69) is 4.72 Å². The van der Waals surface area contributed by atoms with Crippen molar-refractivity contribution in [1.29, 1.82) is 0 Å². The Kier molecular flexibility index (Phi) is 4.90. The van der Waals surface area contributed by atoms with Gasteiger partial charge in [-0.3, -0.25) is 0 Å². The highest BCUT2D eigenvalue weighted by Crippen LogP contribution is 2.33. The molecule has 1 aromatic heterocycles. The maximum atomic E-state index is 13.1. The maximum absolute atomic E-state index is 13.1. The Morgan fingerprint density at radius 2 is 1.74 bits per heavy atom. The van der Waals surface area contributed by atoms with Gasteiger partial charge < -0.3 is 9.47 Å². The first-order chi connectivity index (χ1) is 13.0. The van der Waals surface area contributed by atoms with Crippen LogP contribution in [-0.2, 0) is 10.0 Å². The van der Waals surface area contributed by atoms with E-state index in [-0.39, 0.29) is 4.90 Å². The second-order valence-electron chi connectivity index (χ2n) is 6.29. The lowest BCUT2D eigenvalue weighted by Crippen LogP contribution is -2.29. The molecule has 0 saturated carbocycles. The first-order valence-electron chi connectivity index (χ1n) is 8.55. The third-order valence-electron chi connectivity index (χ3n) is 4.34. The molecular weight excluding hydrogens is 382 g/mol. The smallest absolute Gasteiger partial charge is 0.241 e. The Labute approximate surface area is 162 Å². The number of fused-ring (bicyclic) bond motifs is 1. The molecule has 140 valence electrons. The lowest BCUT2D eigenvalue weighted by molar-refractivity contribution is 0.171. The lowest BCUT2D eigenvalue weighted by Gasteiger charge is -2.21. The number of nitrogens with one attached hydrogen (secondary N) is 1. The molecule has 0 radical (unpaired) electrons. The molecule has 2 heterocycles. The van der Waals surface area contributed by atoms with Crippen LogP contribution >= 0.6 is 11.3 Å². The molecule has 1 N–H and O–H groups in total. The fourth-order valence-electron chi connectivity index (χ4n) is 2.92. The van der Waals surface area contributed by atoms with Gasteiger partial charge >= 0.3 is 0 Å². The second kappa shape index (κ2) is 7.34. The van der Waals surface area contributed by atoms with E-state index in [4.69, 9.17) is 9.47 Å². The zero-order valence-electron chi connectivity index (χ0n) is 14.7. The first-order valence-corrected chi connectivity index (χ1v) is 10.9. The summed E-state index contributed by atoms with van der Waals surface area (Å²) in [6.45, 7) is 2.87. The molecule has 7 heteroatoms. The first kappa shape index (κ1) is 18.0. The van der Waals surface area contributed by atoms with E-state index in [1.54, 1.807) is 6.07 Å². The summed E-state index contributed by atoms with van der Waals surface area (Å²) in [5.41, 5.74) is 2.02. The van der Waals surface area contributed by atoms with E-state index in [9.17, 15) is 8.42 Å². The molecule has 3 aromatic rings. The number of aryl methyl sites for hydroxylation is 1. The third kappa shape index (κ3) is 3.85. The Morgan fingerprint density at radius 3 is 2.44 bits per heavy atom. The molecule has 27 heavy (non-hydrogen) atoms. The fraction of sp³-hybridized carbons (Fsp3) is 0.200. The van der Waals surface area contributed by atoms with E-state index < -0.39 is 16.1 Å². The average Bonchev–Trinajstić information content (AvgIpc) is 3.21. The summed E-state index contributed by atoms with van der Waals surface area (Å²) < 4.78 is 40.0. The average molecular weight is 402 g/mol. The number of ether oxygens (including phenoxy) is 2. The van der Waals surface area contributed by atoms with Gasteiger partial charge in [0.25, 0.3) is 0 Å². The van der Waals surface area contributed by atoms with Crippen molar-refractivity contribution < 1.29 is 17.9 Å². The van der Waals surface area contributed by atoms with Crippen molar-refractivity contribution in [1.82, 2.24) is 4.72 Å². The predicted octanol–water partition coefficient (Wildman–Crippen LogP) is 3.90. The molecule has 1 aliphatic heterocycles. The Bertz CT molecular complexity index is 1030. The summed E-state index contributed by atoms with van der Waals surface area (Å²) in [7, 11) is -3.76. The lowest BCUT2D eigenvalue weighted by atomic mass is 10.0. The Morgan fingerprint density at radius 1 is 1.00 bits per heavy atom. The maximum Gasteiger partial charge on any atom is 0.241 e. The zero-order chi connectivity index (χ0) is 18.9. The third-order valence-corrected chi connectivity index (χ3v) is 6.69. The Hall–Kier alpha value is -2.35. The molecule has 5 nitrogen and oxygen atoms in total. The highest BCUT2D eigenvalue weighted by molar-refractivity contribution is 7.89. The van der Waals surface area contributed by atoms with Crippen LogP contribution in [0.25, 0.3) is 0 Å². The number of benzene rings is 2. The monoisotopic (exact) mass is 401 g/mol. The van der Waals surface area contributed by atoms with E-state index in [0.717, 1.165) is 16.0 Å².